The Morgan fingerprint density at radius 3 is 2.72 bits per heavy atom. The van der Waals surface area contributed by atoms with E-state index in [0.29, 0.717) is 6.61 Å². The SMILES string of the molecule is COC[C@H](C)Oc1cnc(/C(F)=C/c2ccc(F)c([C@@]3(C)N=C(N)[C@@]4(CF)CC[C@@H]3S4(=O)=O)c2)cn1. The van der Waals surface area contributed by atoms with Crippen molar-refractivity contribution >= 4 is 27.6 Å². The fourth-order valence-corrected chi connectivity index (χ4v) is 7.52. The first-order valence-electron chi connectivity index (χ1n) is 11.3. The zero-order chi connectivity index (χ0) is 26.3. The van der Waals surface area contributed by atoms with Gasteiger partial charge in [0.1, 0.15) is 35.7 Å². The molecule has 0 amide bonds. The number of aliphatic imine (C=N–C) groups is 1. The van der Waals surface area contributed by atoms with Crippen LogP contribution in [0.25, 0.3) is 11.9 Å². The van der Waals surface area contributed by atoms with Crippen LogP contribution in [0.15, 0.2) is 35.6 Å². The van der Waals surface area contributed by atoms with E-state index in [9.17, 15) is 17.2 Å². The number of ether oxygens (including phenoxy) is 2. The third kappa shape index (κ3) is 4.15. The number of nitrogens with zero attached hydrogens (tertiary/aromatic N) is 3. The highest BCUT2D eigenvalue weighted by atomic mass is 32.2. The second-order valence-corrected chi connectivity index (χ2v) is 11.6. The molecular weight excluding hydrogens is 497 g/mol. The molecular formula is C24H27F3N4O4S. The molecule has 2 bridgehead atoms. The maximum atomic E-state index is 15.0. The molecule has 0 unspecified atom stereocenters. The number of nitrogens with two attached hydrogens (primary N) is 1. The number of rotatable bonds is 8. The summed E-state index contributed by atoms with van der Waals surface area (Å²) in [5.41, 5.74) is 4.45. The number of hydrogen-bond donors (Lipinski definition) is 1. The number of methoxy groups -OCH3 is 1. The molecule has 36 heavy (non-hydrogen) atoms. The normalized spacial score (nSPS) is 28.0. The van der Waals surface area contributed by atoms with E-state index in [-0.39, 0.29) is 47.5 Å². The van der Waals surface area contributed by atoms with Gasteiger partial charge >= 0.3 is 0 Å². The Balaban J connectivity index is 1.66. The van der Waals surface area contributed by atoms with Crippen molar-refractivity contribution in [3.8, 4) is 5.88 Å². The van der Waals surface area contributed by atoms with Gasteiger partial charge in [0.15, 0.2) is 20.4 Å². The molecule has 12 heteroatoms. The van der Waals surface area contributed by atoms with Crippen LogP contribution < -0.4 is 10.5 Å². The number of aromatic nitrogens is 2. The summed E-state index contributed by atoms with van der Waals surface area (Å²) in [6, 6.07) is 3.76. The van der Waals surface area contributed by atoms with Crippen molar-refractivity contribution in [3.63, 3.8) is 0 Å². The molecule has 2 aromatic rings. The summed E-state index contributed by atoms with van der Waals surface area (Å²) in [6.07, 6.45) is 3.36. The molecule has 2 aliphatic heterocycles. The molecule has 8 nitrogen and oxygen atoms in total. The van der Waals surface area contributed by atoms with E-state index in [1.54, 1.807) is 6.92 Å². The Kier molecular flexibility index (Phi) is 6.86. The lowest BCUT2D eigenvalue weighted by atomic mass is 9.86. The van der Waals surface area contributed by atoms with E-state index in [0.717, 1.165) is 12.1 Å². The van der Waals surface area contributed by atoms with Crippen LogP contribution in [0.3, 0.4) is 0 Å². The number of hydrogen-bond acceptors (Lipinski definition) is 8. The van der Waals surface area contributed by atoms with Crippen molar-refractivity contribution in [1.29, 1.82) is 0 Å². The van der Waals surface area contributed by atoms with Gasteiger partial charge in [-0.1, -0.05) is 6.07 Å². The van der Waals surface area contributed by atoms with Crippen LogP contribution in [0.4, 0.5) is 13.2 Å². The molecule has 2 aliphatic rings. The number of sulfone groups is 1. The maximum Gasteiger partial charge on any atom is 0.232 e. The van der Waals surface area contributed by atoms with Crippen LogP contribution in [0, 0.1) is 5.82 Å². The molecule has 1 aromatic carbocycles. The average molecular weight is 525 g/mol. The smallest absolute Gasteiger partial charge is 0.232 e. The van der Waals surface area contributed by atoms with Gasteiger partial charge in [-0.05, 0) is 50.5 Å². The summed E-state index contributed by atoms with van der Waals surface area (Å²) in [7, 11) is -2.55. The average Bonchev–Trinajstić information content (AvgIpc) is 3.04. The van der Waals surface area contributed by atoms with E-state index in [1.165, 1.54) is 38.6 Å². The molecule has 0 radical (unpaired) electrons. The Morgan fingerprint density at radius 1 is 1.33 bits per heavy atom. The molecule has 0 saturated carbocycles. The third-order valence-electron chi connectivity index (χ3n) is 6.82. The minimum absolute atomic E-state index is 0.0279. The van der Waals surface area contributed by atoms with Gasteiger partial charge in [-0.15, -0.1) is 0 Å². The van der Waals surface area contributed by atoms with Crippen molar-refractivity contribution in [1.82, 2.24) is 9.97 Å². The second-order valence-electron chi connectivity index (χ2n) is 9.20. The highest BCUT2D eigenvalue weighted by molar-refractivity contribution is 7.94. The minimum atomic E-state index is -4.08. The number of amidine groups is 1. The largest absolute Gasteiger partial charge is 0.471 e. The van der Waals surface area contributed by atoms with Crippen molar-refractivity contribution in [3.05, 3.63) is 53.2 Å². The molecule has 4 rings (SSSR count). The van der Waals surface area contributed by atoms with Crippen LogP contribution >= 0.6 is 0 Å². The summed E-state index contributed by atoms with van der Waals surface area (Å²) in [4.78, 5) is 12.4. The molecule has 4 atom stereocenters. The summed E-state index contributed by atoms with van der Waals surface area (Å²) < 4.78 is 78.8. The summed E-state index contributed by atoms with van der Waals surface area (Å²) in [5, 5.41) is -1.16. The Morgan fingerprint density at radius 2 is 2.08 bits per heavy atom. The number of fused-ring (bicyclic) bond motifs is 2. The second kappa shape index (κ2) is 9.47. The summed E-state index contributed by atoms with van der Waals surface area (Å²) >= 11 is 0. The van der Waals surface area contributed by atoms with Gasteiger partial charge in [0.05, 0.1) is 24.3 Å². The molecule has 194 valence electrons. The van der Waals surface area contributed by atoms with Crippen molar-refractivity contribution in [2.24, 2.45) is 10.7 Å². The van der Waals surface area contributed by atoms with E-state index in [2.05, 4.69) is 15.0 Å². The van der Waals surface area contributed by atoms with Gasteiger partial charge in [0, 0.05) is 12.7 Å². The molecule has 1 aromatic heterocycles. The van der Waals surface area contributed by atoms with E-state index < -0.39 is 43.7 Å². The molecule has 0 spiro atoms. The van der Waals surface area contributed by atoms with Crippen molar-refractivity contribution in [2.75, 3.05) is 20.4 Å². The van der Waals surface area contributed by atoms with Gasteiger partial charge < -0.3 is 15.2 Å². The summed E-state index contributed by atoms with van der Waals surface area (Å²) in [5.74, 6) is -1.65. The lowest BCUT2D eigenvalue weighted by Gasteiger charge is -2.39. The lowest BCUT2D eigenvalue weighted by molar-refractivity contribution is 0.0886. The fourth-order valence-electron chi connectivity index (χ4n) is 4.88. The highest BCUT2D eigenvalue weighted by Gasteiger charge is 2.65. The minimum Gasteiger partial charge on any atom is -0.471 e. The van der Waals surface area contributed by atoms with E-state index in [4.69, 9.17) is 15.2 Å². The number of alkyl halides is 1. The topological polar surface area (TPSA) is 117 Å². The van der Waals surface area contributed by atoms with Gasteiger partial charge in [0.2, 0.25) is 5.88 Å². The quantitative estimate of drug-likeness (QED) is 0.563. The summed E-state index contributed by atoms with van der Waals surface area (Å²) in [6.45, 7) is 2.39. The van der Waals surface area contributed by atoms with Gasteiger partial charge in [-0.25, -0.2) is 31.6 Å². The fraction of sp³-hybridized carbons (Fsp3) is 0.458. The molecule has 1 fully saturated rings. The molecule has 2 N–H and O–H groups in total. The van der Waals surface area contributed by atoms with Crippen LogP contribution in [0.5, 0.6) is 5.88 Å². The van der Waals surface area contributed by atoms with Crippen LogP contribution in [-0.2, 0) is 20.1 Å². The maximum absolute atomic E-state index is 15.0. The zero-order valence-corrected chi connectivity index (χ0v) is 20.9. The number of halogens is 3. The van der Waals surface area contributed by atoms with E-state index in [1.807, 2.05) is 0 Å². The Labute approximate surface area is 207 Å². The predicted octanol–water partition coefficient (Wildman–Crippen LogP) is 3.37. The van der Waals surface area contributed by atoms with Crippen molar-refractivity contribution in [2.45, 2.75) is 48.3 Å². The van der Waals surface area contributed by atoms with Crippen LogP contribution in [0.1, 0.15) is 43.5 Å². The lowest BCUT2D eigenvalue weighted by Crippen LogP contribution is -2.58. The first kappa shape index (κ1) is 26.1. The third-order valence-corrected chi connectivity index (χ3v) is 9.87. The number of benzene rings is 1. The van der Waals surface area contributed by atoms with Crippen molar-refractivity contribution < 1.29 is 31.1 Å². The van der Waals surface area contributed by atoms with Gasteiger partial charge in [-0.2, -0.15) is 0 Å². The standard InChI is InChI=1S/C24H27F3N4O4S/c1-14(12-34-3)35-21-11-29-19(10-30-21)18(27)9-15-4-5-17(26)16(8-15)23(2)20-6-7-24(13-25,22(28)31-23)36(20,32)33/h4-5,8-11,14,20H,6-7,12-13H2,1-3H3,(H2,28,31)/b18-9-/t14-,20-,23+,24-/m0/s1. The Hall–Kier alpha value is -2.99. The monoisotopic (exact) mass is 524 g/mol. The first-order valence-corrected chi connectivity index (χ1v) is 12.8. The predicted molar refractivity (Wildman–Crippen MR) is 129 cm³/mol. The molecule has 0 aliphatic carbocycles. The van der Waals surface area contributed by atoms with Gasteiger partial charge in [-0.3, -0.25) is 4.99 Å². The van der Waals surface area contributed by atoms with E-state index >= 15 is 4.39 Å². The van der Waals surface area contributed by atoms with Gasteiger partial charge in [0.25, 0.3) is 0 Å². The first-order chi connectivity index (χ1) is 17.0. The Bertz CT molecular complexity index is 1320. The zero-order valence-electron chi connectivity index (χ0n) is 20.0. The highest BCUT2D eigenvalue weighted by Crippen LogP contribution is 2.51. The van der Waals surface area contributed by atoms with Crippen LogP contribution in [0.2, 0.25) is 0 Å². The molecule has 3 heterocycles. The molecule has 1 saturated heterocycles. The van der Waals surface area contributed by atoms with Crippen LogP contribution in [-0.4, -0.2) is 60.7 Å².